The van der Waals surface area contributed by atoms with Gasteiger partial charge in [-0.05, 0) is 35.8 Å². The molecule has 0 unspecified atom stereocenters. The van der Waals surface area contributed by atoms with Crippen molar-refractivity contribution in [1.29, 1.82) is 0 Å². The standard InChI is InChI=1S/C13H16BrNO2/c1-13(2)5-3-4-10-11(13)6-9(8-14)7-12(10)15(16)17/h6-7H,3-5,8H2,1-2H3. The Hall–Kier alpha value is -0.900. The van der Waals surface area contributed by atoms with Crippen LogP contribution in [-0.4, -0.2) is 4.92 Å². The van der Waals surface area contributed by atoms with Crippen molar-refractivity contribution in [1.82, 2.24) is 0 Å². The average molecular weight is 298 g/mol. The quantitative estimate of drug-likeness (QED) is 0.468. The fourth-order valence-corrected chi connectivity index (χ4v) is 2.99. The van der Waals surface area contributed by atoms with Crippen LogP contribution in [0.15, 0.2) is 12.1 Å². The maximum atomic E-state index is 11.1. The minimum Gasteiger partial charge on any atom is -0.258 e. The van der Waals surface area contributed by atoms with Crippen LogP contribution in [0.2, 0.25) is 0 Å². The second kappa shape index (κ2) is 4.41. The Bertz CT molecular complexity index is 469. The van der Waals surface area contributed by atoms with Crippen LogP contribution >= 0.6 is 15.9 Å². The molecule has 0 saturated heterocycles. The molecule has 1 aromatic rings. The lowest BCUT2D eigenvalue weighted by Crippen LogP contribution is -2.24. The summed E-state index contributed by atoms with van der Waals surface area (Å²) < 4.78 is 0. The van der Waals surface area contributed by atoms with Crippen molar-refractivity contribution in [2.75, 3.05) is 0 Å². The number of hydrogen-bond donors (Lipinski definition) is 0. The van der Waals surface area contributed by atoms with Gasteiger partial charge in [0.05, 0.1) is 4.92 Å². The average Bonchev–Trinajstić information content (AvgIpc) is 2.27. The minimum absolute atomic E-state index is 0.0521. The fourth-order valence-electron chi connectivity index (χ4n) is 2.66. The lowest BCUT2D eigenvalue weighted by Gasteiger charge is -2.32. The summed E-state index contributed by atoms with van der Waals surface area (Å²) in [7, 11) is 0. The van der Waals surface area contributed by atoms with Gasteiger partial charge in [0.1, 0.15) is 0 Å². The Balaban J connectivity index is 2.67. The number of hydrogen-bond acceptors (Lipinski definition) is 2. The van der Waals surface area contributed by atoms with Gasteiger partial charge in [-0.3, -0.25) is 10.1 Å². The van der Waals surface area contributed by atoms with E-state index < -0.39 is 0 Å². The lowest BCUT2D eigenvalue weighted by atomic mass is 9.72. The highest BCUT2D eigenvalue weighted by molar-refractivity contribution is 9.08. The van der Waals surface area contributed by atoms with Crippen molar-refractivity contribution >= 4 is 21.6 Å². The molecular weight excluding hydrogens is 282 g/mol. The Morgan fingerprint density at radius 2 is 2.18 bits per heavy atom. The van der Waals surface area contributed by atoms with Crippen molar-refractivity contribution in [2.24, 2.45) is 0 Å². The van der Waals surface area contributed by atoms with Gasteiger partial charge in [-0.25, -0.2) is 0 Å². The highest BCUT2D eigenvalue weighted by Gasteiger charge is 2.32. The van der Waals surface area contributed by atoms with E-state index in [1.807, 2.05) is 0 Å². The van der Waals surface area contributed by atoms with Gasteiger partial charge in [-0.1, -0.05) is 35.8 Å². The second-order valence-corrected chi connectivity index (χ2v) is 5.83. The zero-order chi connectivity index (χ0) is 12.6. The van der Waals surface area contributed by atoms with Gasteiger partial charge in [-0.2, -0.15) is 0 Å². The van der Waals surface area contributed by atoms with Gasteiger partial charge in [0.25, 0.3) is 5.69 Å². The van der Waals surface area contributed by atoms with Crippen LogP contribution in [0.5, 0.6) is 0 Å². The van der Waals surface area contributed by atoms with E-state index in [1.165, 1.54) is 0 Å². The van der Waals surface area contributed by atoms with E-state index in [4.69, 9.17) is 0 Å². The first-order valence-corrected chi connectivity index (χ1v) is 6.94. The molecule has 0 amide bonds. The number of nitro benzene ring substituents is 1. The molecule has 0 N–H and O–H groups in total. The molecule has 3 nitrogen and oxygen atoms in total. The van der Waals surface area contributed by atoms with Gasteiger partial charge in [0, 0.05) is 17.0 Å². The predicted octanol–water partition coefficient (Wildman–Crippen LogP) is 4.10. The first kappa shape index (κ1) is 12.6. The maximum absolute atomic E-state index is 11.1. The smallest absolute Gasteiger partial charge is 0.258 e. The van der Waals surface area contributed by atoms with Crippen LogP contribution in [0, 0.1) is 10.1 Å². The Morgan fingerprint density at radius 1 is 1.47 bits per heavy atom. The number of rotatable bonds is 2. The highest BCUT2D eigenvalue weighted by atomic mass is 79.9. The number of alkyl halides is 1. The van der Waals surface area contributed by atoms with Gasteiger partial charge < -0.3 is 0 Å². The number of nitro groups is 1. The molecule has 1 aromatic carbocycles. The summed E-state index contributed by atoms with van der Waals surface area (Å²) in [4.78, 5) is 10.9. The predicted molar refractivity (Wildman–Crippen MR) is 71.7 cm³/mol. The zero-order valence-corrected chi connectivity index (χ0v) is 11.7. The topological polar surface area (TPSA) is 43.1 Å². The highest BCUT2D eigenvalue weighted by Crippen LogP contribution is 2.41. The van der Waals surface area contributed by atoms with Crippen LogP contribution < -0.4 is 0 Å². The third-order valence-electron chi connectivity index (χ3n) is 3.59. The molecule has 0 radical (unpaired) electrons. The maximum Gasteiger partial charge on any atom is 0.273 e. The van der Waals surface area contributed by atoms with Gasteiger partial charge in [0.2, 0.25) is 0 Å². The number of halogens is 1. The van der Waals surface area contributed by atoms with E-state index in [1.54, 1.807) is 6.07 Å². The number of fused-ring (bicyclic) bond motifs is 1. The normalized spacial score (nSPS) is 17.6. The fraction of sp³-hybridized carbons (Fsp3) is 0.538. The van der Waals surface area contributed by atoms with E-state index in [9.17, 15) is 10.1 Å². The molecule has 17 heavy (non-hydrogen) atoms. The van der Waals surface area contributed by atoms with E-state index in [2.05, 4.69) is 35.8 Å². The van der Waals surface area contributed by atoms with Crippen molar-refractivity contribution in [3.63, 3.8) is 0 Å². The summed E-state index contributed by atoms with van der Waals surface area (Å²) in [6.07, 6.45) is 2.97. The monoisotopic (exact) mass is 297 g/mol. The summed E-state index contributed by atoms with van der Waals surface area (Å²) in [6.45, 7) is 4.35. The third-order valence-corrected chi connectivity index (χ3v) is 4.24. The Labute approximate surface area is 110 Å². The van der Waals surface area contributed by atoms with E-state index in [0.29, 0.717) is 11.0 Å². The molecule has 0 aliphatic heterocycles. The Kier molecular flexibility index (Phi) is 3.25. The lowest BCUT2D eigenvalue weighted by molar-refractivity contribution is -0.385. The van der Waals surface area contributed by atoms with E-state index >= 15 is 0 Å². The van der Waals surface area contributed by atoms with Crippen LogP contribution in [0.4, 0.5) is 5.69 Å². The third kappa shape index (κ3) is 2.23. The molecule has 92 valence electrons. The first-order valence-electron chi connectivity index (χ1n) is 5.82. The summed E-state index contributed by atoms with van der Waals surface area (Å²) in [5.41, 5.74) is 3.44. The van der Waals surface area contributed by atoms with Crippen LogP contribution in [0.3, 0.4) is 0 Å². The summed E-state index contributed by atoms with van der Waals surface area (Å²) in [5, 5.41) is 11.8. The van der Waals surface area contributed by atoms with Crippen molar-refractivity contribution in [3.8, 4) is 0 Å². The molecule has 0 saturated carbocycles. The van der Waals surface area contributed by atoms with Crippen molar-refractivity contribution in [3.05, 3.63) is 38.9 Å². The number of benzene rings is 1. The summed E-state index contributed by atoms with van der Waals surface area (Å²) >= 11 is 3.38. The van der Waals surface area contributed by atoms with Gasteiger partial charge >= 0.3 is 0 Å². The molecule has 1 aliphatic rings. The van der Waals surface area contributed by atoms with Crippen molar-refractivity contribution < 1.29 is 4.92 Å². The second-order valence-electron chi connectivity index (χ2n) is 5.27. The SMILES string of the molecule is CC1(C)CCCc2c([N+](=O)[O-])cc(CBr)cc21. The summed E-state index contributed by atoms with van der Waals surface area (Å²) in [5.74, 6) is 0. The summed E-state index contributed by atoms with van der Waals surface area (Å²) in [6, 6.07) is 3.82. The number of nitrogens with zero attached hydrogens (tertiary/aromatic N) is 1. The van der Waals surface area contributed by atoms with E-state index in [0.717, 1.165) is 36.0 Å². The molecule has 0 spiro atoms. The minimum atomic E-state index is -0.244. The first-order chi connectivity index (χ1) is 7.95. The molecule has 4 heteroatoms. The molecule has 1 aliphatic carbocycles. The zero-order valence-electron chi connectivity index (χ0n) is 10.1. The molecule has 0 heterocycles. The molecule has 2 rings (SSSR count). The van der Waals surface area contributed by atoms with Gasteiger partial charge in [-0.15, -0.1) is 0 Å². The van der Waals surface area contributed by atoms with Crippen LogP contribution in [0.25, 0.3) is 0 Å². The Morgan fingerprint density at radius 3 is 2.76 bits per heavy atom. The largest absolute Gasteiger partial charge is 0.273 e. The van der Waals surface area contributed by atoms with Crippen LogP contribution in [0.1, 0.15) is 43.4 Å². The van der Waals surface area contributed by atoms with Gasteiger partial charge in [0.15, 0.2) is 0 Å². The van der Waals surface area contributed by atoms with Crippen LogP contribution in [-0.2, 0) is 17.2 Å². The molecule has 0 aromatic heterocycles. The molecular formula is C13H16BrNO2. The van der Waals surface area contributed by atoms with E-state index in [-0.39, 0.29) is 10.3 Å². The molecule has 0 atom stereocenters. The molecule has 0 bridgehead atoms. The van der Waals surface area contributed by atoms with Crippen molar-refractivity contribution in [2.45, 2.75) is 43.9 Å². The molecule has 0 fully saturated rings.